The van der Waals surface area contributed by atoms with E-state index in [1.165, 1.54) is 29.5 Å². The van der Waals surface area contributed by atoms with E-state index in [-0.39, 0.29) is 18.2 Å². The van der Waals surface area contributed by atoms with Crippen LogP contribution in [0.15, 0.2) is 42.5 Å². The first-order chi connectivity index (χ1) is 13.0. The molecule has 1 aromatic heterocycles. The molecule has 0 fully saturated rings. The molecule has 0 saturated heterocycles. The Bertz CT molecular complexity index is 949. The van der Waals surface area contributed by atoms with Crippen LogP contribution in [-0.4, -0.2) is 38.2 Å². The highest BCUT2D eigenvalue weighted by Gasteiger charge is 2.15. The van der Waals surface area contributed by atoms with Crippen molar-refractivity contribution in [2.24, 2.45) is 0 Å². The third-order valence-corrected chi connectivity index (χ3v) is 4.78. The molecule has 0 unspecified atom stereocenters. The number of benzene rings is 2. The van der Waals surface area contributed by atoms with Crippen LogP contribution in [0, 0.1) is 0 Å². The Balaban J connectivity index is 1.67. The highest BCUT2D eigenvalue weighted by molar-refractivity contribution is 7.22. The monoisotopic (exact) mass is 393 g/mol. The average molecular weight is 393 g/mol. The van der Waals surface area contributed by atoms with Gasteiger partial charge in [-0.25, -0.2) is 4.98 Å². The molecule has 0 spiro atoms. The van der Waals surface area contributed by atoms with E-state index in [2.05, 4.69) is 15.0 Å². The number of aromatic nitrogens is 1. The molecule has 0 aliphatic rings. The van der Waals surface area contributed by atoms with Gasteiger partial charge < -0.3 is 19.7 Å². The lowest BCUT2D eigenvalue weighted by Gasteiger charge is -2.15. The number of para-hydroxylation sites is 1. The zero-order chi connectivity index (χ0) is 19.4. The molecular formula is C18H17F2N3O3S. The summed E-state index contributed by atoms with van der Waals surface area (Å²) >= 11 is 1.44. The van der Waals surface area contributed by atoms with Crippen LogP contribution in [0.4, 0.5) is 19.6 Å². The molecular weight excluding hydrogens is 376 g/mol. The van der Waals surface area contributed by atoms with Crippen LogP contribution >= 0.6 is 11.3 Å². The van der Waals surface area contributed by atoms with Gasteiger partial charge in [0.15, 0.2) is 5.13 Å². The summed E-state index contributed by atoms with van der Waals surface area (Å²) in [6.45, 7) is -2.87. The van der Waals surface area contributed by atoms with Crippen LogP contribution in [-0.2, 0) is 4.79 Å². The Morgan fingerprint density at radius 3 is 2.81 bits per heavy atom. The number of anilines is 2. The fraction of sp³-hybridized carbons (Fsp3) is 0.222. The van der Waals surface area contributed by atoms with Crippen LogP contribution in [0.25, 0.3) is 10.2 Å². The van der Waals surface area contributed by atoms with Crippen molar-refractivity contribution < 1.29 is 23.0 Å². The van der Waals surface area contributed by atoms with E-state index >= 15 is 0 Å². The molecule has 3 aromatic rings. The number of hydrogen-bond acceptors (Lipinski definition) is 6. The van der Waals surface area contributed by atoms with E-state index in [4.69, 9.17) is 4.74 Å². The number of fused-ring (bicyclic) bond motifs is 1. The first kappa shape index (κ1) is 18.8. The number of hydrogen-bond donors (Lipinski definition) is 1. The van der Waals surface area contributed by atoms with E-state index in [1.807, 2.05) is 18.2 Å². The number of likely N-dealkylation sites (N-methyl/N-ethyl adjacent to an activating group) is 1. The predicted octanol–water partition coefficient (Wildman–Crippen LogP) is 3.98. The van der Waals surface area contributed by atoms with Gasteiger partial charge in [0.25, 0.3) is 0 Å². The fourth-order valence-electron chi connectivity index (χ4n) is 2.47. The van der Waals surface area contributed by atoms with Gasteiger partial charge in [-0.2, -0.15) is 8.78 Å². The number of rotatable bonds is 7. The van der Waals surface area contributed by atoms with Crippen LogP contribution in [0.1, 0.15) is 0 Å². The molecule has 9 heteroatoms. The minimum Gasteiger partial charge on any atom is -0.494 e. The van der Waals surface area contributed by atoms with Crippen molar-refractivity contribution in [3.63, 3.8) is 0 Å². The van der Waals surface area contributed by atoms with E-state index in [9.17, 15) is 13.6 Å². The molecule has 6 nitrogen and oxygen atoms in total. The summed E-state index contributed by atoms with van der Waals surface area (Å²) in [4.78, 5) is 18.5. The van der Waals surface area contributed by atoms with Gasteiger partial charge in [-0.1, -0.05) is 23.5 Å². The smallest absolute Gasteiger partial charge is 0.387 e. The van der Waals surface area contributed by atoms with Gasteiger partial charge >= 0.3 is 6.61 Å². The molecule has 0 aliphatic heterocycles. The zero-order valence-corrected chi connectivity index (χ0v) is 15.4. The quantitative estimate of drug-likeness (QED) is 0.658. The van der Waals surface area contributed by atoms with Gasteiger partial charge in [0, 0.05) is 18.8 Å². The number of amides is 1. The third kappa shape index (κ3) is 4.62. The zero-order valence-electron chi connectivity index (χ0n) is 14.6. The largest absolute Gasteiger partial charge is 0.494 e. The lowest BCUT2D eigenvalue weighted by atomic mass is 10.3. The molecule has 0 bridgehead atoms. The molecule has 0 atom stereocenters. The first-order valence-electron chi connectivity index (χ1n) is 7.95. The van der Waals surface area contributed by atoms with Crippen molar-refractivity contribution in [2.75, 3.05) is 30.9 Å². The van der Waals surface area contributed by atoms with E-state index in [0.29, 0.717) is 16.6 Å². The second-order valence-corrected chi connectivity index (χ2v) is 6.62. The summed E-state index contributed by atoms with van der Waals surface area (Å²) < 4.78 is 35.2. The number of nitrogens with one attached hydrogen (secondary N) is 1. The number of methoxy groups -OCH3 is 1. The van der Waals surface area contributed by atoms with Gasteiger partial charge in [0.1, 0.15) is 17.0 Å². The van der Waals surface area contributed by atoms with E-state index in [0.717, 1.165) is 10.2 Å². The van der Waals surface area contributed by atoms with Gasteiger partial charge in [0.05, 0.1) is 18.4 Å². The number of ether oxygens (including phenoxy) is 2. The number of nitrogens with zero attached hydrogens (tertiary/aromatic N) is 2. The van der Waals surface area contributed by atoms with Crippen molar-refractivity contribution in [1.82, 2.24) is 4.98 Å². The Hall–Kier alpha value is -2.94. The van der Waals surface area contributed by atoms with Crippen LogP contribution in [0.3, 0.4) is 0 Å². The maximum atomic E-state index is 12.3. The third-order valence-electron chi connectivity index (χ3n) is 3.64. The summed E-state index contributed by atoms with van der Waals surface area (Å²) in [6.07, 6.45) is 0. The SMILES string of the molecule is COc1cccc2sc(N(C)CC(=O)Nc3cccc(OC(F)F)c3)nc12. The Morgan fingerprint density at radius 1 is 1.30 bits per heavy atom. The summed E-state index contributed by atoms with van der Waals surface area (Å²) in [6, 6.07) is 11.5. The Labute approximate surface area is 158 Å². The Morgan fingerprint density at radius 2 is 2.07 bits per heavy atom. The minimum atomic E-state index is -2.92. The fourth-order valence-corrected chi connectivity index (χ4v) is 3.42. The van der Waals surface area contributed by atoms with Gasteiger partial charge in [-0.15, -0.1) is 0 Å². The maximum Gasteiger partial charge on any atom is 0.387 e. The number of alkyl halides is 2. The summed E-state index contributed by atoms with van der Waals surface area (Å²) in [5.74, 6) is 0.344. The topological polar surface area (TPSA) is 63.7 Å². The second-order valence-electron chi connectivity index (χ2n) is 5.61. The van der Waals surface area contributed by atoms with E-state index < -0.39 is 6.61 Å². The van der Waals surface area contributed by atoms with E-state index in [1.54, 1.807) is 25.1 Å². The van der Waals surface area contributed by atoms with Crippen LogP contribution < -0.4 is 19.7 Å². The second kappa shape index (κ2) is 8.17. The van der Waals surface area contributed by atoms with Gasteiger partial charge in [-0.3, -0.25) is 4.79 Å². The van der Waals surface area contributed by atoms with Crippen molar-refractivity contribution in [3.8, 4) is 11.5 Å². The van der Waals surface area contributed by atoms with Crippen molar-refractivity contribution in [3.05, 3.63) is 42.5 Å². The van der Waals surface area contributed by atoms with Crippen LogP contribution in [0.5, 0.6) is 11.5 Å². The Kier molecular flexibility index (Phi) is 5.70. The highest BCUT2D eigenvalue weighted by atomic mass is 32.1. The van der Waals surface area contributed by atoms with Gasteiger partial charge in [-0.05, 0) is 24.3 Å². The lowest BCUT2D eigenvalue weighted by Crippen LogP contribution is -2.29. The summed E-state index contributed by atoms with van der Waals surface area (Å²) in [5, 5.41) is 3.33. The number of halogens is 2. The molecule has 142 valence electrons. The maximum absolute atomic E-state index is 12.3. The van der Waals surface area contributed by atoms with Crippen molar-refractivity contribution in [2.45, 2.75) is 6.61 Å². The molecule has 1 amide bonds. The molecule has 3 rings (SSSR count). The average Bonchev–Trinajstić information content (AvgIpc) is 3.05. The number of carbonyl (C=O) groups is 1. The minimum absolute atomic E-state index is 0.0191. The molecule has 1 heterocycles. The summed E-state index contributed by atoms with van der Waals surface area (Å²) in [5.41, 5.74) is 1.11. The highest BCUT2D eigenvalue weighted by Crippen LogP contribution is 2.33. The lowest BCUT2D eigenvalue weighted by molar-refractivity contribution is -0.114. The standard InChI is InChI=1S/C18H17F2N3O3S/c1-23(18-22-16-13(25-2)7-4-8-14(16)27-18)10-15(24)21-11-5-3-6-12(9-11)26-17(19)20/h3-9,17H,10H2,1-2H3,(H,21,24). The normalized spacial score (nSPS) is 10.9. The van der Waals surface area contributed by atoms with Crippen LogP contribution in [0.2, 0.25) is 0 Å². The molecule has 27 heavy (non-hydrogen) atoms. The van der Waals surface area contributed by atoms with Crippen molar-refractivity contribution >= 4 is 38.3 Å². The molecule has 0 radical (unpaired) electrons. The number of thiazole rings is 1. The summed E-state index contributed by atoms with van der Waals surface area (Å²) in [7, 11) is 3.33. The molecule has 2 aromatic carbocycles. The first-order valence-corrected chi connectivity index (χ1v) is 8.77. The molecule has 1 N–H and O–H groups in total. The molecule has 0 aliphatic carbocycles. The van der Waals surface area contributed by atoms with Crippen molar-refractivity contribution in [1.29, 1.82) is 0 Å². The predicted molar refractivity (Wildman–Crippen MR) is 101 cm³/mol. The molecule has 0 saturated carbocycles. The van der Waals surface area contributed by atoms with Gasteiger partial charge in [0.2, 0.25) is 5.91 Å². The number of carbonyl (C=O) groups excluding carboxylic acids is 1.